The molecule has 2 amide bonds. The van der Waals surface area contributed by atoms with Crippen LogP contribution in [0.4, 0.5) is 9.59 Å². The first-order valence-electron chi connectivity index (χ1n) is 6.58. The molecular formula is C14H16N2O4S2. The third-order valence-corrected chi connectivity index (χ3v) is 4.44. The van der Waals surface area contributed by atoms with Crippen LogP contribution in [0, 0.1) is 0 Å². The summed E-state index contributed by atoms with van der Waals surface area (Å²) in [6, 6.07) is 7.80. The van der Waals surface area contributed by atoms with E-state index in [1.54, 1.807) is 27.6 Å². The molecule has 2 aromatic heterocycles. The van der Waals surface area contributed by atoms with Crippen LogP contribution in [-0.2, 0) is 17.8 Å². The Balaban J connectivity index is 1.90. The standard InChI is InChI=1S/C14H16N2O4S2/c17-13(18)15-5-6-20-14(19)16(9-11-3-1-7-21-11)10-12-4-2-8-22-12/h1-4,7-8,15H,5-6,9-10H2,(H,17,18). The molecule has 0 saturated heterocycles. The van der Waals surface area contributed by atoms with Crippen molar-refractivity contribution in [2.45, 2.75) is 13.1 Å². The number of carboxylic acid groups (broad SMARTS) is 1. The van der Waals surface area contributed by atoms with E-state index in [-0.39, 0.29) is 13.2 Å². The van der Waals surface area contributed by atoms with Crippen molar-refractivity contribution in [3.8, 4) is 0 Å². The number of thiophene rings is 2. The summed E-state index contributed by atoms with van der Waals surface area (Å²) in [7, 11) is 0. The summed E-state index contributed by atoms with van der Waals surface area (Å²) in [5.74, 6) is 0. The van der Waals surface area contributed by atoms with Gasteiger partial charge in [-0.3, -0.25) is 4.90 Å². The van der Waals surface area contributed by atoms with Gasteiger partial charge in [0.2, 0.25) is 0 Å². The smallest absolute Gasteiger partial charge is 0.410 e. The number of carbonyl (C=O) groups is 2. The van der Waals surface area contributed by atoms with Gasteiger partial charge in [-0.05, 0) is 22.9 Å². The van der Waals surface area contributed by atoms with Crippen LogP contribution in [0.25, 0.3) is 0 Å². The molecule has 0 bridgehead atoms. The Kier molecular flexibility index (Phi) is 6.23. The summed E-state index contributed by atoms with van der Waals surface area (Å²) >= 11 is 3.15. The lowest BCUT2D eigenvalue weighted by Crippen LogP contribution is -2.33. The second-order valence-electron chi connectivity index (χ2n) is 4.36. The topological polar surface area (TPSA) is 78.9 Å². The second kappa shape index (κ2) is 8.40. The Bertz CT molecular complexity index is 548. The van der Waals surface area contributed by atoms with Crippen LogP contribution in [-0.4, -0.2) is 35.3 Å². The minimum absolute atomic E-state index is 0.0104. The molecule has 2 heterocycles. The molecule has 0 fully saturated rings. The molecule has 2 rings (SSSR count). The van der Waals surface area contributed by atoms with Gasteiger partial charge in [-0.15, -0.1) is 22.7 Å². The number of amides is 2. The number of carbonyl (C=O) groups excluding carboxylic acids is 1. The van der Waals surface area contributed by atoms with Gasteiger partial charge in [-0.1, -0.05) is 12.1 Å². The zero-order chi connectivity index (χ0) is 15.8. The monoisotopic (exact) mass is 340 g/mol. The van der Waals surface area contributed by atoms with E-state index in [1.165, 1.54) is 0 Å². The normalized spacial score (nSPS) is 10.2. The van der Waals surface area contributed by atoms with Crippen molar-refractivity contribution in [1.82, 2.24) is 10.2 Å². The van der Waals surface area contributed by atoms with Crippen LogP contribution in [0.2, 0.25) is 0 Å². The van der Waals surface area contributed by atoms with E-state index in [0.29, 0.717) is 13.1 Å². The number of hydrogen-bond donors (Lipinski definition) is 2. The van der Waals surface area contributed by atoms with E-state index in [4.69, 9.17) is 9.84 Å². The molecule has 0 saturated carbocycles. The number of nitrogens with zero attached hydrogens (tertiary/aromatic N) is 1. The third kappa shape index (κ3) is 5.38. The Hall–Kier alpha value is -2.06. The molecule has 0 unspecified atom stereocenters. The van der Waals surface area contributed by atoms with Crippen LogP contribution in [0.3, 0.4) is 0 Å². The molecule has 0 aliphatic heterocycles. The summed E-state index contributed by atoms with van der Waals surface area (Å²) in [6.45, 7) is 1.03. The highest BCUT2D eigenvalue weighted by atomic mass is 32.1. The van der Waals surface area contributed by atoms with Crippen LogP contribution in [0.1, 0.15) is 9.75 Å². The fourth-order valence-corrected chi connectivity index (χ4v) is 3.19. The molecular weight excluding hydrogens is 324 g/mol. The summed E-state index contributed by atoms with van der Waals surface area (Å²) in [5, 5.41) is 14.5. The minimum Gasteiger partial charge on any atom is -0.465 e. The molecule has 0 aromatic carbocycles. The first kappa shape index (κ1) is 16.3. The molecule has 22 heavy (non-hydrogen) atoms. The van der Waals surface area contributed by atoms with Gasteiger partial charge in [-0.25, -0.2) is 9.59 Å². The maximum atomic E-state index is 12.2. The van der Waals surface area contributed by atoms with Gasteiger partial charge in [0.15, 0.2) is 0 Å². The number of ether oxygens (including phenoxy) is 1. The van der Waals surface area contributed by atoms with E-state index in [0.717, 1.165) is 9.75 Å². The highest BCUT2D eigenvalue weighted by molar-refractivity contribution is 7.10. The van der Waals surface area contributed by atoms with E-state index in [2.05, 4.69) is 5.32 Å². The molecule has 6 nitrogen and oxygen atoms in total. The molecule has 118 valence electrons. The van der Waals surface area contributed by atoms with Crippen molar-refractivity contribution in [3.05, 3.63) is 44.8 Å². The molecule has 8 heteroatoms. The molecule has 0 aliphatic rings. The maximum Gasteiger partial charge on any atom is 0.410 e. The Labute approximate surface area is 135 Å². The van der Waals surface area contributed by atoms with Gasteiger partial charge in [0.1, 0.15) is 6.61 Å². The Morgan fingerprint density at radius 3 is 2.18 bits per heavy atom. The van der Waals surface area contributed by atoms with Crippen molar-refractivity contribution >= 4 is 34.9 Å². The van der Waals surface area contributed by atoms with Crippen molar-refractivity contribution in [2.75, 3.05) is 13.2 Å². The quantitative estimate of drug-likeness (QED) is 0.759. The molecule has 0 atom stereocenters. The number of nitrogens with one attached hydrogen (secondary N) is 1. The third-order valence-electron chi connectivity index (χ3n) is 2.72. The van der Waals surface area contributed by atoms with Crippen molar-refractivity contribution in [1.29, 1.82) is 0 Å². The lowest BCUT2D eigenvalue weighted by molar-refractivity contribution is 0.0977. The fraction of sp³-hybridized carbons (Fsp3) is 0.286. The zero-order valence-corrected chi connectivity index (χ0v) is 13.4. The van der Waals surface area contributed by atoms with E-state index in [9.17, 15) is 9.59 Å². The van der Waals surface area contributed by atoms with Gasteiger partial charge in [0, 0.05) is 9.75 Å². The Morgan fingerprint density at radius 2 is 1.73 bits per heavy atom. The molecule has 0 radical (unpaired) electrons. The van der Waals surface area contributed by atoms with Gasteiger partial charge in [-0.2, -0.15) is 0 Å². The molecule has 0 aliphatic carbocycles. The molecule has 0 spiro atoms. The summed E-state index contributed by atoms with van der Waals surface area (Å²) in [4.78, 5) is 26.3. The van der Waals surface area contributed by atoms with E-state index < -0.39 is 12.2 Å². The van der Waals surface area contributed by atoms with Crippen molar-refractivity contribution in [3.63, 3.8) is 0 Å². The van der Waals surface area contributed by atoms with Gasteiger partial charge in [0.05, 0.1) is 19.6 Å². The highest BCUT2D eigenvalue weighted by Gasteiger charge is 2.17. The van der Waals surface area contributed by atoms with Crippen LogP contribution < -0.4 is 5.32 Å². The van der Waals surface area contributed by atoms with Crippen LogP contribution >= 0.6 is 22.7 Å². The van der Waals surface area contributed by atoms with Crippen molar-refractivity contribution < 1.29 is 19.4 Å². The highest BCUT2D eigenvalue weighted by Crippen LogP contribution is 2.17. The van der Waals surface area contributed by atoms with Crippen LogP contribution in [0.5, 0.6) is 0 Å². The van der Waals surface area contributed by atoms with Crippen molar-refractivity contribution in [2.24, 2.45) is 0 Å². The zero-order valence-electron chi connectivity index (χ0n) is 11.7. The summed E-state index contributed by atoms with van der Waals surface area (Å²) in [6.07, 6.45) is -1.58. The lowest BCUT2D eigenvalue weighted by Gasteiger charge is -2.21. The largest absolute Gasteiger partial charge is 0.465 e. The average Bonchev–Trinajstić information content (AvgIpc) is 3.16. The van der Waals surface area contributed by atoms with E-state index >= 15 is 0 Å². The predicted molar refractivity (Wildman–Crippen MR) is 85.3 cm³/mol. The molecule has 2 aromatic rings. The summed E-state index contributed by atoms with van der Waals surface area (Å²) in [5.41, 5.74) is 0. The van der Waals surface area contributed by atoms with E-state index in [1.807, 2.05) is 35.0 Å². The first-order valence-corrected chi connectivity index (χ1v) is 8.34. The Morgan fingerprint density at radius 1 is 1.14 bits per heavy atom. The van der Waals surface area contributed by atoms with Gasteiger partial charge in [0.25, 0.3) is 0 Å². The summed E-state index contributed by atoms with van der Waals surface area (Å²) < 4.78 is 5.12. The lowest BCUT2D eigenvalue weighted by atomic mass is 10.4. The molecule has 2 N–H and O–H groups in total. The second-order valence-corrected chi connectivity index (χ2v) is 6.43. The number of hydrogen-bond acceptors (Lipinski definition) is 5. The predicted octanol–water partition coefficient (Wildman–Crippen LogP) is 3.22. The SMILES string of the molecule is O=C(O)NCCOC(=O)N(Cc1cccs1)Cc1cccs1. The number of rotatable bonds is 7. The van der Waals surface area contributed by atoms with Gasteiger partial charge < -0.3 is 15.2 Å². The maximum absolute atomic E-state index is 12.2. The minimum atomic E-state index is -1.13. The first-order chi connectivity index (χ1) is 10.6. The van der Waals surface area contributed by atoms with Crippen LogP contribution in [0.15, 0.2) is 35.0 Å². The average molecular weight is 340 g/mol. The fourth-order valence-electron chi connectivity index (χ4n) is 1.75. The van der Waals surface area contributed by atoms with Gasteiger partial charge >= 0.3 is 12.2 Å².